The van der Waals surface area contributed by atoms with Gasteiger partial charge in [0, 0.05) is 10.0 Å². The molecule has 0 bridgehead atoms. The standard InChI is InChI=1S/C13H9BrCl2N2O/c14-10-6-8(16)2-4-12(10)19-11-3-1-7(15)5-9(11)13(17)18/h1-6H,(H3,17,18). The first kappa shape index (κ1) is 14.2. The number of nitrogens with one attached hydrogen (secondary N) is 1. The predicted molar refractivity (Wildman–Crippen MR) is 81.7 cm³/mol. The van der Waals surface area contributed by atoms with Crippen molar-refractivity contribution in [2.45, 2.75) is 0 Å². The molecule has 0 amide bonds. The summed E-state index contributed by atoms with van der Waals surface area (Å²) in [7, 11) is 0. The van der Waals surface area contributed by atoms with Gasteiger partial charge in [-0.2, -0.15) is 0 Å². The molecule has 2 aromatic rings. The Morgan fingerprint density at radius 2 is 1.63 bits per heavy atom. The fourth-order valence-corrected chi connectivity index (χ4v) is 2.41. The molecule has 0 aliphatic rings. The summed E-state index contributed by atoms with van der Waals surface area (Å²) in [6, 6.07) is 10.1. The van der Waals surface area contributed by atoms with Crippen molar-refractivity contribution in [2.24, 2.45) is 5.73 Å². The number of hydrogen-bond acceptors (Lipinski definition) is 2. The molecule has 0 aliphatic heterocycles. The number of nitrogens with two attached hydrogens (primary N) is 1. The van der Waals surface area contributed by atoms with Gasteiger partial charge in [-0.25, -0.2) is 0 Å². The smallest absolute Gasteiger partial charge is 0.141 e. The van der Waals surface area contributed by atoms with E-state index >= 15 is 0 Å². The number of hydrogen-bond donors (Lipinski definition) is 2. The van der Waals surface area contributed by atoms with E-state index in [2.05, 4.69) is 15.9 Å². The lowest BCUT2D eigenvalue weighted by Gasteiger charge is -2.12. The molecule has 0 spiro atoms. The summed E-state index contributed by atoms with van der Waals surface area (Å²) in [6.45, 7) is 0. The molecule has 0 heterocycles. The normalized spacial score (nSPS) is 10.3. The molecule has 2 aromatic carbocycles. The molecule has 3 nitrogen and oxygen atoms in total. The van der Waals surface area contributed by atoms with E-state index < -0.39 is 0 Å². The quantitative estimate of drug-likeness (QED) is 0.608. The molecule has 0 atom stereocenters. The van der Waals surface area contributed by atoms with Gasteiger partial charge < -0.3 is 10.5 Å². The molecular formula is C13H9BrCl2N2O. The first-order chi connectivity index (χ1) is 8.97. The first-order valence-corrected chi connectivity index (χ1v) is 6.79. The second kappa shape index (κ2) is 5.82. The first-order valence-electron chi connectivity index (χ1n) is 5.24. The SMILES string of the molecule is N=C(N)c1cc(Cl)ccc1Oc1ccc(Cl)cc1Br. The third kappa shape index (κ3) is 3.41. The van der Waals surface area contributed by atoms with Crippen LogP contribution in [0.25, 0.3) is 0 Å². The van der Waals surface area contributed by atoms with Gasteiger partial charge in [-0.3, -0.25) is 5.41 Å². The average Bonchev–Trinajstić information content (AvgIpc) is 2.34. The molecule has 0 aromatic heterocycles. The Hall–Kier alpha value is -1.23. The van der Waals surface area contributed by atoms with Gasteiger partial charge in [0.25, 0.3) is 0 Å². The highest BCUT2D eigenvalue weighted by molar-refractivity contribution is 9.10. The van der Waals surface area contributed by atoms with E-state index in [-0.39, 0.29) is 5.84 Å². The van der Waals surface area contributed by atoms with Gasteiger partial charge in [-0.1, -0.05) is 23.2 Å². The maximum absolute atomic E-state index is 7.53. The Labute approximate surface area is 128 Å². The highest BCUT2D eigenvalue weighted by atomic mass is 79.9. The van der Waals surface area contributed by atoms with Crippen LogP contribution in [-0.2, 0) is 0 Å². The number of rotatable bonds is 3. The molecule has 0 unspecified atom stereocenters. The third-order valence-electron chi connectivity index (χ3n) is 2.35. The van der Waals surface area contributed by atoms with Gasteiger partial charge in [0.15, 0.2) is 0 Å². The van der Waals surface area contributed by atoms with E-state index in [0.717, 1.165) is 0 Å². The van der Waals surface area contributed by atoms with Gasteiger partial charge in [0.2, 0.25) is 0 Å². The van der Waals surface area contributed by atoms with Crippen LogP contribution in [0.2, 0.25) is 10.0 Å². The van der Waals surface area contributed by atoms with Crippen molar-refractivity contribution in [1.82, 2.24) is 0 Å². The lowest BCUT2D eigenvalue weighted by atomic mass is 10.2. The minimum Gasteiger partial charge on any atom is -0.455 e. The molecule has 98 valence electrons. The van der Waals surface area contributed by atoms with Crippen LogP contribution in [0.4, 0.5) is 0 Å². The lowest BCUT2D eigenvalue weighted by Crippen LogP contribution is -2.12. The van der Waals surface area contributed by atoms with Crippen LogP contribution in [0.1, 0.15) is 5.56 Å². The molecule has 6 heteroatoms. The summed E-state index contributed by atoms with van der Waals surface area (Å²) in [6.07, 6.45) is 0. The van der Waals surface area contributed by atoms with Gasteiger partial charge in [-0.15, -0.1) is 0 Å². The van der Waals surface area contributed by atoms with Crippen LogP contribution in [0.3, 0.4) is 0 Å². The van der Waals surface area contributed by atoms with Crippen LogP contribution in [-0.4, -0.2) is 5.84 Å². The van der Waals surface area contributed by atoms with Crippen molar-refractivity contribution in [3.8, 4) is 11.5 Å². The molecule has 0 radical (unpaired) electrons. The maximum atomic E-state index is 7.53. The zero-order valence-corrected chi connectivity index (χ0v) is 12.7. The average molecular weight is 360 g/mol. The van der Waals surface area contributed by atoms with Gasteiger partial charge in [0.05, 0.1) is 10.0 Å². The van der Waals surface area contributed by atoms with Crippen molar-refractivity contribution in [1.29, 1.82) is 5.41 Å². The Kier molecular flexibility index (Phi) is 4.34. The molecule has 0 saturated heterocycles. The van der Waals surface area contributed by atoms with Crippen molar-refractivity contribution in [3.63, 3.8) is 0 Å². The van der Waals surface area contributed by atoms with E-state index in [9.17, 15) is 0 Å². The molecular weight excluding hydrogens is 351 g/mol. The zero-order chi connectivity index (χ0) is 14.0. The van der Waals surface area contributed by atoms with Crippen LogP contribution >= 0.6 is 39.1 Å². The van der Waals surface area contributed by atoms with Crippen LogP contribution in [0, 0.1) is 5.41 Å². The lowest BCUT2D eigenvalue weighted by molar-refractivity contribution is 0.478. The molecule has 0 fully saturated rings. The van der Waals surface area contributed by atoms with E-state index in [1.165, 1.54) is 0 Å². The summed E-state index contributed by atoms with van der Waals surface area (Å²) in [4.78, 5) is 0. The Morgan fingerprint density at radius 1 is 1.05 bits per heavy atom. The van der Waals surface area contributed by atoms with Gasteiger partial charge in [0.1, 0.15) is 17.3 Å². The second-order valence-corrected chi connectivity index (χ2v) is 5.46. The Balaban J connectivity index is 2.40. The summed E-state index contributed by atoms with van der Waals surface area (Å²) in [5.74, 6) is 0.928. The number of benzene rings is 2. The predicted octanol–water partition coefficient (Wildman–Crippen LogP) is 4.83. The van der Waals surface area contributed by atoms with Gasteiger partial charge >= 0.3 is 0 Å². The molecule has 19 heavy (non-hydrogen) atoms. The number of amidine groups is 1. The van der Waals surface area contributed by atoms with Crippen LogP contribution < -0.4 is 10.5 Å². The molecule has 2 rings (SSSR count). The fraction of sp³-hybridized carbons (Fsp3) is 0. The van der Waals surface area contributed by atoms with E-state index in [1.54, 1.807) is 36.4 Å². The summed E-state index contributed by atoms with van der Waals surface area (Å²) >= 11 is 15.1. The second-order valence-electron chi connectivity index (χ2n) is 3.73. The Bertz CT molecular complexity index is 647. The minimum atomic E-state index is -0.109. The molecule has 0 saturated carbocycles. The van der Waals surface area contributed by atoms with Crippen LogP contribution in [0.15, 0.2) is 40.9 Å². The van der Waals surface area contributed by atoms with Crippen molar-refractivity contribution in [3.05, 3.63) is 56.5 Å². The van der Waals surface area contributed by atoms with E-state index in [4.69, 9.17) is 39.1 Å². The van der Waals surface area contributed by atoms with Crippen LogP contribution in [0.5, 0.6) is 11.5 Å². The number of ether oxygens (including phenoxy) is 1. The van der Waals surface area contributed by atoms with Gasteiger partial charge in [-0.05, 0) is 52.3 Å². The number of halogens is 3. The van der Waals surface area contributed by atoms with Crippen molar-refractivity contribution in [2.75, 3.05) is 0 Å². The topological polar surface area (TPSA) is 59.1 Å². The summed E-state index contributed by atoms with van der Waals surface area (Å²) in [5.41, 5.74) is 5.95. The van der Waals surface area contributed by atoms with Crippen molar-refractivity contribution < 1.29 is 4.74 Å². The molecule has 0 aliphatic carbocycles. The zero-order valence-electron chi connectivity index (χ0n) is 9.58. The summed E-state index contributed by atoms with van der Waals surface area (Å²) in [5, 5.41) is 8.63. The maximum Gasteiger partial charge on any atom is 0.141 e. The largest absolute Gasteiger partial charge is 0.455 e. The van der Waals surface area contributed by atoms with E-state index in [1.807, 2.05) is 0 Å². The number of nitrogen functional groups attached to an aromatic ring is 1. The van der Waals surface area contributed by atoms with Crippen molar-refractivity contribution >= 4 is 45.0 Å². The monoisotopic (exact) mass is 358 g/mol. The molecule has 3 N–H and O–H groups in total. The van der Waals surface area contributed by atoms with E-state index in [0.29, 0.717) is 31.6 Å². The Morgan fingerprint density at radius 3 is 2.21 bits per heavy atom. The minimum absolute atomic E-state index is 0.109. The third-order valence-corrected chi connectivity index (χ3v) is 3.44. The highest BCUT2D eigenvalue weighted by Crippen LogP contribution is 2.34. The fourth-order valence-electron chi connectivity index (χ4n) is 1.48. The summed E-state index contributed by atoms with van der Waals surface area (Å²) < 4.78 is 6.44. The highest BCUT2D eigenvalue weighted by Gasteiger charge is 2.10.